The molecule has 0 fully saturated rings. The number of nitrogens with one attached hydrogen (secondary N) is 1. The standard InChI is InChI=1S/C18H13N5O3/c24-17-9-25-15-6-5-11(7-13(15)20-17)18-21-16(22-26-18)8-23-10-19-12-3-1-2-4-14(12)23/h1-7,10H,8-9H2,(H,20,24). The van der Waals surface area contributed by atoms with E-state index in [0.29, 0.717) is 35.3 Å². The first-order chi connectivity index (χ1) is 12.8. The lowest BCUT2D eigenvalue weighted by Gasteiger charge is -2.17. The fourth-order valence-corrected chi connectivity index (χ4v) is 2.94. The van der Waals surface area contributed by atoms with Gasteiger partial charge in [0.2, 0.25) is 0 Å². The molecule has 0 bridgehead atoms. The number of amides is 1. The number of hydrogen-bond donors (Lipinski definition) is 1. The van der Waals surface area contributed by atoms with Crippen molar-refractivity contribution < 1.29 is 14.1 Å². The Kier molecular flexibility index (Phi) is 3.21. The van der Waals surface area contributed by atoms with Crippen molar-refractivity contribution in [2.24, 2.45) is 0 Å². The van der Waals surface area contributed by atoms with Gasteiger partial charge in [0.1, 0.15) is 5.75 Å². The minimum absolute atomic E-state index is 0.0237. The van der Waals surface area contributed by atoms with Crippen molar-refractivity contribution in [2.75, 3.05) is 11.9 Å². The van der Waals surface area contributed by atoms with Crippen LogP contribution in [-0.2, 0) is 11.3 Å². The smallest absolute Gasteiger partial charge is 0.262 e. The Labute approximate surface area is 147 Å². The highest BCUT2D eigenvalue weighted by atomic mass is 16.5. The molecule has 0 saturated heterocycles. The zero-order chi connectivity index (χ0) is 17.5. The van der Waals surface area contributed by atoms with Gasteiger partial charge in [-0.3, -0.25) is 4.79 Å². The van der Waals surface area contributed by atoms with Crippen molar-refractivity contribution in [2.45, 2.75) is 6.54 Å². The van der Waals surface area contributed by atoms with E-state index in [1.54, 1.807) is 18.5 Å². The van der Waals surface area contributed by atoms with E-state index in [4.69, 9.17) is 9.26 Å². The molecule has 0 atom stereocenters. The third kappa shape index (κ3) is 2.48. The number of fused-ring (bicyclic) bond motifs is 2. The fourth-order valence-electron chi connectivity index (χ4n) is 2.94. The quantitative estimate of drug-likeness (QED) is 0.612. The van der Waals surface area contributed by atoms with E-state index in [0.717, 1.165) is 11.0 Å². The molecule has 8 heteroatoms. The molecule has 0 unspecified atom stereocenters. The molecule has 2 aromatic carbocycles. The maximum Gasteiger partial charge on any atom is 0.262 e. The maximum absolute atomic E-state index is 11.5. The number of hydrogen-bond acceptors (Lipinski definition) is 6. The Bertz CT molecular complexity index is 1130. The highest BCUT2D eigenvalue weighted by Crippen LogP contribution is 2.32. The van der Waals surface area contributed by atoms with Crippen molar-refractivity contribution in [3.63, 3.8) is 0 Å². The fraction of sp³-hybridized carbons (Fsp3) is 0.111. The van der Waals surface area contributed by atoms with Crippen molar-refractivity contribution in [1.82, 2.24) is 19.7 Å². The van der Waals surface area contributed by atoms with Crippen molar-refractivity contribution in [3.05, 3.63) is 54.6 Å². The summed E-state index contributed by atoms with van der Waals surface area (Å²) in [5, 5.41) is 6.82. The van der Waals surface area contributed by atoms with Crippen molar-refractivity contribution in [1.29, 1.82) is 0 Å². The van der Waals surface area contributed by atoms with Gasteiger partial charge in [0.15, 0.2) is 12.4 Å². The van der Waals surface area contributed by atoms with Gasteiger partial charge in [-0.25, -0.2) is 4.98 Å². The minimum atomic E-state index is -0.187. The molecule has 1 N–H and O–H groups in total. The summed E-state index contributed by atoms with van der Waals surface area (Å²) in [5.74, 6) is 1.36. The third-order valence-electron chi connectivity index (χ3n) is 4.17. The van der Waals surface area contributed by atoms with Gasteiger partial charge in [0, 0.05) is 5.56 Å². The van der Waals surface area contributed by atoms with E-state index in [1.165, 1.54) is 0 Å². The lowest BCUT2D eigenvalue weighted by atomic mass is 10.1. The van der Waals surface area contributed by atoms with E-state index in [9.17, 15) is 4.79 Å². The zero-order valence-corrected chi connectivity index (χ0v) is 13.5. The summed E-state index contributed by atoms with van der Waals surface area (Å²) in [4.78, 5) is 20.3. The highest BCUT2D eigenvalue weighted by Gasteiger charge is 2.18. The Morgan fingerprint density at radius 2 is 2.12 bits per heavy atom. The molecule has 4 aromatic rings. The summed E-state index contributed by atoms with van der Waals surface area (Å²) < 4.78 is 12.7. The third-order valence-corrected chi connectivity index (χ3v) is 4.17. The summed E-state index contributed by atoms with van der Waals surface area (Å²) in [5.41, 5.74) is 3.23. The lowest BCUT2D eigenvalue weighted by Crippen LogP contribution is -2.25. The van der Waals surface area contributed by atoms with Gasteiger partial charge in [0.05, 0.1) is 29.6 Å². The molecule has 1 amide bonds. The van der Waals surface area contributed by atoms with Gasteiger partial charge in [-0.2, -0.15) is 4.98 Å². The summed E-state index contributed by atoms with van der Waals surface area (Å²) in [6.45, 7) is 0.477. The highest BCUT2D eigenvalue weighted by molar-refractivity contribution is 5.96. The van der Waals surface area contributed by atoms with Crippen LogP contribution in [-0.4, -0.2) is 32.2 Å². The normalized spacial score (nSPS) is 13.3. The predicted octanol–water partition coefficient (Wildman–Crippen LogP) is 2.47. The van der Waals surface area contributed by atoms with Gasteiger partial charge in [0.25, 0.3) is 11.8 Å². The molecular formula is C18H13N5O3. The van der Waals surface area contributed by atoms with Crippen LogP contribution in [0.2, 0.25) is 0 Å². The Hall–Kier alpha value is -3.68. The molecule has 0 saturated carbocycles. The number of para-hydroxylation sites is 2. The van der Waals surface area contributed by atoms with E-state index < -0.39 is 0 Å². The van der Waals surface area contributed by atoms with Gasteiger partial charge in [-0.1, -0.05) is 17.3 Å². The minimum Gasteiger partial charge on any atom is -0.482 e. The molecule has 1 aliphatic rings. The van der Waals surface area contributed by atoms with Crippen LogP contribution >= 0.6 is 0 Å². The van der Waals surface area contributed by atoms with Crippen LogP contribution in [0.4, 0.5) is 5.69 Å². The number of carbonyl (C=O) groups excluding carboxylic acids is 1. The van der Waals surface area contributed by atoms with Crippen LogP contribution in [0.3, 0.4) is 0 Å². The number of nitrogens with zero attached hydrogens (tertiary/aromatic N) is 4. The average molecular weight is 347 g/mol. The molecule has 128 valence electrons. The number of carbonyl (C=O) groups is 1. The molecule has 0 aliphatic carbocycles. The molecule has 0 radical (unpaired) electrons. The first-order valence-electron chi connectivity index (χ1n) is 8.06. The second-order valence-corrected chi connectivity index (χ2v) is 5.92. The molecule has 8 nitrogen and oxygen atoms in total. The van der Waals surface area contributed by atoms with Gasteiger partial charge < -0.3 is 19.1 Å². The van der Waals surface area contributed by atoms with E-state index in [-0.39, 0.29) is 12.5 Å². The molecule has 26 heavy (non-hydrogen) atoms. The van der Waals surface area contributed by atoms with E-state index in [2.05, 4.69) is 20.4 Å². The Morgan fingerprint density at radius 3 is 3.08 bits per heavy atom. The number of rotatable bonds is 3. The number of ether oxygens (including phenoxy) is 1. The molecule has 1 aliphatic heterocycles. The Morgan fingerprint density at radius 1 is 1.19 bits per heavy atom. The van der Waals surface area contributed by atoms with Crippen LogP contribution in [0.1, 0.15) is 5.82 Å². The number of anilines is 1. The number of imidazole rings is 1. The first kappa shape index (κ1) is 14.6. The van der Waals surface area contributed by atoms with Crippen molar-refractivity contribution >= 4 is 22.6 Å². The first-order valence-corrected chi connectivity index (χ1v) is 8.06. The predicted molar refractivity (Wildman–Crippen MR) is 92.7 cm³/mol. The molecule has 0 spiro atoms. The topological polar surface area (TPSA) is 95.1 Å². The molecule has 5 rings (SSSR count). The average Bonchev–Trinajstić information content (AvgIpc) is 3.29. The zero-order valence-electron chi connectivity index (χ0n) is 13.5. The summed E-state index contributed by atoms with van der Waals surface area (Å²) in [7, 11) is 0. The molecule has 3 heterocycles. The van der Waals surface area contributed by atoms with Crippen LogP contribution in [0, 0.1) is 0 Å². The van der Waals surface area contributed by atoms with E-state index in [1.807, 2.05) is 34.9 Å². The van der Waals surface area contributed by atoms with Crippen molar-refractivity contribution in [3.8, 4) is 17.2 Å². The molecule has 2 aromatic heterocycles. The SMILES string of the molecule is O=C1COc2ccc(-c3nc(Cn4cnc5ccccc54)no3)cc2N1. The van der Waals surface area contributed by atoms with Gasteiger partial charge >= 0.3 is 0 Å². The van der Waals surface area contributed by atoms with Crippen LogP contribution in [0.25, 0.3) is 22.5 Å². The number of aromatic nitrogens is 4. The number of benzene rings is 2. The lowest BCUT2D eigenvalue weighted by molar-refractivity contribution is -0.118. The second kappa shape index (κ2) is 5.69. The van der Waals surface area contributed by atoms with Gasteiger partial charge in [-0.05, 0) is 30.3 Å². The Balaban J connectivity index is 1.43. The largest absolute Gasteiger partial charge is 0.482 e. The summed E-state index contributed by atoms with van der Waals surface area (Å²) in [6, 6.07) is 13.2. The van der Waals surface area contributed by atoms with Crippen LogP contribution in [0.15, 0.2) is 53.3 Å². The van der Waals surface area contributed by atoms with Crippen LogP contribution < -0.4 is 10.1 Å². The second-order valence-electron chi connectivity index (χ2n) is 5.92. The van der Waals surface area contributed by atoms with Crippen LogP contribution in [0.5, 0.6) is 5.75 Å². The van der Waals surface area contributed by atoms with E-state index >= 15 is 0 Å². The molecular weight excluding hydrogens is 334 g/mol. The van der Waals surface area contributed by atoms with Gasteiger partial charge in [-0.15, -0.1) is 0 Å². The monoisotopic (exact) mass is 347 g/mol. The maximum atomic E-state index is 11.5. The summed E-state index contributed by atoms with van der Waals surface area (Å²) >= 11 is 0. The summed E-state index contributed by atoms with van der Waals surface area (Å²) in [6.07, 6.45) is 1.76.